The molecule has 1 aromatic heterocycles. The van der Waals surface area contributed by atoms with E-state index in [0.717, 1.165) is 29.3 Å². The molecule has 6 heteroatoms. The molecule has 0 bridgehead atoms. The van der Waals surface area contributed by atoms with Crippen molar-refractivity contribution in [2.45, 2.75) is 32.6 Å². The average Bonchev–Trinajstić information content (AvgIpc) is 2.97. The summed E-state index contributed by atoms with van der Waals surface area (Å²) in [7, 11) is 1.75. The van der Waals surface area contributed by atoms with Gasteiger partial charge >= 0.3 is 0 Å². The Labute approximate surface area is 129 Å². The normalized spacial score (nSPS) is 10.6. The molecule has 1 aromatic carbocycles. The van der Waals surface area contributed by atoms with Crippen molar-refractivity contribution in [2.24, 2.45) is 5.84 Å². The molecule has 0 fully saturated rings. The second-order valence-electron chi connectivity index (χ2n) is 4.91. The number of aromatic nitrogens is 2. The fourth-order valence-corrected chi connectivity index (χ4v) is 2.71. The number of unbranched alkanes of at least 4 members (excludes halogenated alkanes) is 3. The number of anilines is 1. The molecule has 0 aliphatic heterocycles. The molecule has 2 rings (SSSR count). The second kappa shape index (κ2) is 7.95. The second-order valence-corrected chi connectivity index (χ2v) is 5.86. The van der Waals surface area contributed by atoms with Gasteiger partial charge < -0.3 is 4.74 Å². The maximum atomic E-state index is 5.90. The zero-order valence-corrected chi connectivity index (χ0v) is 13.4. The molecular formula is C15H22N4OS. The highest BCUT2D eigenvalue weighted by Gasteiger charge is 2.12. The van der Waals surface area contributed by atoms with Gasteiger partial charge in [-0.25, -0.2) is 5.84 Å². The van der Waals surface area contributed by atoms with Crippen LogP contribution in [-0.4, -0.2) is 23.9 Å². The third kappa shape index (κ3) is 4.41. The van der Waals surface area contributed by atoms with E-state index in [-0.39, 0.29) is 0 Å². The van der Waals surface area contributed by atoms with Crippen LogP contribution in [0.4, 0.5) is 5.13 Å². The van der Waals surface area contributed by atoms with Gasteiger partial charge in [0.2, 0.25) is 5.13 Å². The van der Waals surface area contributed by atoms with Gasteiger partial charge in [-0.3, -0.25) is 5.01 Å². The van der Waals surface area contributed by atoms with Gasteiger partial charge in [-0.05, 0) is 18.6 Å². The zero-order valence-electron chi connectivity index (χ0n) is 12.6. The summed E-state index contributed by atoms with van der Waals surface area (Å²) in [6, 6.07) is 7.93. The lowest BCUT2D eigenvalue weighted by molar-refractivity contribution is 0.306. The number of rotatable bonds is 8. The van der Waals surface area contributed by atoms with Crippen LogP contribution in [0.5, 0.6) is 5.75 Å². The van der Waals surface area contributed by atoms with Gasteiger partial charge in [-0.1, -0.05) is 49.7 Å². The van der Waals surface area contributed by atoms with E-state index in [9.17, 15) is 0 Å². The van der Waals surface area contributed by atoms with Crippen molar-refractivity contribution >= 4 is 16.5 Å². The number of hydrogen-bond acceptors (Lipinski definition) is 6. The summed E-state index contributed by atoms with van der Waals surface area (Å²) in [5.41, 5.74) is 0.971. The number of hydrazine groups is 1. The van der Waals surface area contributed by atoms with Crippen molar-refractivity contribution in [1.29, 1.82) is 0 Å². The van der Waals surface area contributed by atoms with Gasteiger partial charge in [0.1, 0.15) is 5.75 Å². The number of benzene rings is 1. The van der Waals surface area contributed by atoms with Crippen molar-refractivity contribution in [3.63, 3.8) is 0 Å². The van der Waals surface area contributed by atoms with Crippen molar-refractivity contribution < 1.29 is 4.74 Å². The van der Waals surface area contributed by atoms with Gasteiger partial charge in [0.25, 0.3) is 0 Å². The third-order valence-corrected chi connectivity index (χ3v) is 4.14. The molecule has 0 aliphatic rings. The van der Waals surface area contributed by atoms with Crippen LogP contribution in [0.3, 0.4) is 0 Å². The zero-order chi connectivity index (χ0) is 15.1. The van der Waals surface area contributed by atoms with Crippen molar-refractivity contribution in [1.82, 2.24) is 10.2 Å². The molecular weight excluding hydrogens is 284 g/mol. The number of ether oxygens (including phenoxy) is 1. The first-order valence-electron chi connectivity index (χ1n) is 7.26. The summed E-state index contributed by atoms with van der Waals surface area (Å²) in [5.74, 6) is 6.54. The van der Waals surface area contributed by atoms with E-state index in [2.05, 4.69) is 17.1 Å². The Kier molecular flexibility index (Phi) is 5.95. The lowest BCUT2D eigenvalue weighted by Gasteiger charge is -2.09. The molecule has 2 N–H and O–H groups in total. The van der Waals surface area contributed by atoms with E-state index in [1.807, 2.05) is 24.3 Å². The quantitative estimate of drug-likeness (QED) is 0.459. The Morgan fingerprint density at radius 3 is 2.71 bits per heavy atom. The smallest absolute Gasteiger partial charge is 0.222 e. The number of nitrogens with two attached hydrogens (primary N) is 1. The minimum atomic E-state index is 0.683. The highest BCUT2D eigenvalue weighted by Crippen LogP contribution is 2.33. The summed E-state index contributed by atoms with van der Waals surface area (Å²) in [6.07, 6.45) is 4.78. The van der Waals surface area contributed by atoms with Crippen LogP contribution in [-0.2, 0) is 0 Å². The van der Waals surface area contributed by atoms with Crippen LogP contribution < -0.4 is 15.6 Å². The largest absolute Gasteiger partial charge is 0.493 e. The lowest BCUT2D eigenvalue weighted by Crippen LogP contribution is -2.24. The Morgan fingerprint density at radius 2 is 2.00 bits per heavy atom. The van der Waals surface area contributed by atoms with Crippen molar-refractivity contribution in [3.05, 3.63) is 24.3 Å². The summed E-state index contributed by atoms with van der Waals surface area (Å²) in [4.78, 5) is 0. The molecule has 0 atom stereocenters. The van der Waals surface area contributed by atoms with E-state index < -0.39 is 0 Å². The molecule has 21 heavy (non-hydrogen) atoms. The van der Waals surface area contributed by atoms with Crippen LogP contribution in [0.2, 0.25) is 0 Å². The number of hydrogen-bond donors (Lipinski definition) is 1. The molecule has 0 saturated heterocycles. The van der Waals surface area contributed by atoms with E-state index >= 15 is 0 Å². The van der Waals surface area contributed by atoms with Gasteiger partial charge in [0.15, 0.2) is 5.01 Å². The molecule has 0 spiro atoms. The molecule has 0 amide bonds. The third-order valence-electron chi connectivity index (χ3n) is 3.09. The predicted molar refractivity (Wildman–Crippen MR) is 87.6 cm³/mol. The summed E-state index contributed by atoms with van der Waals surface area (Å²) >= 11 is 1.45. The Balaban J connectivity index is 2.05. The average molecular weight is 306 g/mol. The van der Waals surface area contributed by atoms with E-state index in [0.29, 0.717) is 5.13 Å². The molecule has 5 nitrogen and oxygen atoms in total. The molecule has 2 aromatic rings. The Bertz CT molecular complexity index is 556. The van der Waals surface area contributed by atoms with Crippen LogP contribution >= 0.6 is 11.3 Å². The van der Waals surface area contributed by atoms with Gasteiger partial charge in [0.05, 0.1) is 12.2 Å². The Hall–Kier alpha value is -1.66. The fourth-order valence-electron chi connectivity index (χ4n) is 1.95. The molecule has 0 saturated carbocycles. The van der Waals surface area contributed by atoms with Crippen molar-refractivity contribution in [2.75, 3.05) is 18.7 Å². The van der Waals surface area contributed by atoms with Crippen LogP contribution in [0.1, 0.15) is 32.6 Å². The maximum Gasteiger partial charge on any atom is 0.222 e. The van der Waals surface area contributed by atoms with Crippen LogP contribution in [0.15, 0.2) is 24.3 Å². The molecule has 0 aliphatic carbocycles. The fraction of sp³-hybridized carbons (Fsp3) is 0.467. The van der Waals surface area contributed by atoms with Crippen molar-refractivity contribution in [3.8, 4) is 16.3 Å². The van der Waals surface area contributed by atoms with Crippen LogP contribution in [0.25, 0.3) is 10.6 Å². The van der Waals surface area contributed by atoms with Crippen LogP contribution in [0, 0.1) is 0 Å². The molecule has 114 valence electrons. The minimum Gasteiger partial charge on any atom is -0.493 e. The lowest BCUT2D eigenvalue weighted by atomic mass is 10.2. The monoisotopic (exact) mass is 306 g/mol. The van der Waals surface area contributed by atoms with E-state index in [1.165, 1.54) is 35.6 Å². The summed E-state index contributed by atoms with van der Waals surface area (Å²) < 4.78 is 5.90. The number of para-hydroxylation sites is 1. The van der Waals surface area contributed by atoms with Gasteiger partial charge in [-0.2, -0.15) is 0 Å². The van der Waals surface area contributed by atoms with E-state index in [4.69, 9.17) is 10.6 Å². The SMILES string of the molecule is CCCCCCOc1ccccc1-c1nnc(N(C)N)s1. The maximum absolute atomic E-state index is 5.90. The molecule has 0 unspecified atom stereocenters. The van der Waals surface area contributed by atoms with Gasteiger partial charge in [0, 0.05) is 7.05 Å². The first-order valence-corrected chi connectivity index (χ1v) is 8.08. The first-order chi connectivity index (χ1) is 10.2. The van der Waals surface area contributed by atoms with E-state index in [1.54, 1.807) is 7.05 Å². The molecule has 1 heterocycles. The minimum absolute atomic E-state index is 0.683. The predicted octanol–water partition coefficient (Wildman–Crippen LogP) is 3.47. The summed E-state index contributed by atoms with van der Waals surface area (Å²) in [5, 5.41) is 11.2. The van der Waals surface area contributed by atoms with Gasteiger partial charge in [-0.15, -0.1) is 10.2 Å². The molecule has 0 radical (unpaired) electrons. The highest BCUT2D eigenvalue weighted by atomic mass is 32.1. The summed E-state index contributed by atoms with van der Waals surface area (Å²) in [6.45, 7) is 2.94. The first kappa shape index (κ1) is 15.7. The Morgan fingerprint density at radius 1 is 1.19 bits per heavy atom. The highest BCUT2D eigenvalue weighted by molar-refractivity contribution is 7.18. The standard InChI is InChI=1S/C15H22N4OS/c1-3-4-5-8-11-20-13-10-7-6-9-12(13)14-17-18-15(21-14)19(2)16/h6-7,9-10H,3-5,8,11,16H2,1-2H3. The number of nitrogens with zero attached hydrogens (tertiary/aromatic N) is 3. The topological polar surface area (TPSA) is 64.3 Å².